The molecular weight excluding hydrogens is 349 g/mol. The number of hydrogen-bond acceptors (Lipinski definition) is 5. The SMILES string of the molecule is O=C(Nc1cccc(CNc2nccc(C(F)(F)F)n2)c1)c1ccco1. The maximum absolute atomic E-state index is 12.7. The lowest BCUT2D eigenvalue weighted by Gasteiger charge is -2.10. The molecule has 3 rings (SSSR count). The fourth-order valence-electron chi connectivity index (χ4n) is 2.14. The molecule has 134 valence electrons. The van der Waals surface area contributed by atoms with Crippen molar-refractivity contribution >= 4 is 17.5 Å². The molecule has 9 heteroatoms. The van der Waals surface area contributed by atoms with Gasteiger partial charge in [-0.2, -0.15) is 13.2 Å². The molecule has 2 aromatic heterocycles. The molecule has 2 heterocycles. The van der Waals surface area contributed by atoms with Gasteiger partial charge in [0.15, 0.2) is 5.76 Å². The molecular formula is C17H13F3N4O2. The lowest BCUT2D eigenvalue weighted by atomic mass is 10.2. The molecule has 0 bridgehead atoms. The standard InChI is InChI=1S/C17H13F3N4O2/c18-17(19,20)14-6-7-21-16(24-14)22-10-11-3-1-4-12(9-11)23-15(25)13-5-2-8-26-13/h1-9H,10H2,(H,23,25)(H,21,22,24). The number of rotatable bonds is 5. The minimum atomic E-state index is -4.53. The van der Waals surface area contributed by atoms with Gasteiger partial charge in [-0.05, 0) is 35.9 Å². The van der Waals surface area contributed by atoms with E-state index in [0.717, 1.165) is 17.8 Å². The van der Waals surface area contributed by atoms with Crippen LogP contribution in [0, 0.1) is 0 Å². The van der Waals surface area contributed by atoms with Crippen LogP contribution in [0.3, 0.4) is 0 Å². The zero-order valence-electron chi connectivity index (χ0n) is 13.2. The normalized spacial score (nSPS) is 11.2. The van der Waals surface area contributed by atoms with Crippen molar-refractivity contribution < 1.29 is 22.4 Å². The zero-order chi connectivity index (χ0) is 18.6. The predicted molar refractivity (Wildman–Crippen MR) is 87.5 cm³/mol. The summed E-state index contributed by atoms with van der Waals surface area (Å²) in [7, 11) is 0. The van der Waals surface area contributed by atoms with Crippen LogP contribution in [0.2, 0.25) is 0 Å². The van der Waals surface area contributed by atoms with Crippen molar-refractivity contribution in [3.8, 4) is 0 Å². The van der Waals surface area contributed by atoms with Crippen molar-refractivity contribution in [3.05, 3.63) is 71.9 Å². The van der Waals surface area contributed by atoms with Crippen LogP contribution in [0.25, 0.3) is 0 Å². The number of furan rings is 1. The first-order valence-electron chi connectivity index (χ1n) is 7.50. The zero-order valence-corrected chi connectivity index (χ0v) is 13.2. The van der Waals surface area contributed by atoms with Crippen molar-refractivity contribution in [1.82, 2.24) is 9.97 Å². The molecule has 0 saturated heterocycles. The Morgan fingerprint density at radius 3 is 2.73 bits per heavy atom. The van der Waals surface area contributed by atoms with Crippen LogP contribution in [-0.2, 0) is 12.7 Å². The number of carbonyl (C=O) groups excluding carboxylic acids is 1. The summed E-state index contributed by atoms with van der Waals surface area (Å²) in [5, 5.41) is 5.40. The highest BCUT2D eigenvalue weighted by atomic mass is 19.4. The van der Waals surface area contributed by atoms with Gasteiger partial charge in [-0.1, -0.05) is 12.1 Å². The van der Waals surface area contributed by atoms with Crippen LogP contribution in [-0.4, -0.2) is 15.9 Å². The number of halogens is 3. The summed E-state index contributed by atoms with van der Waals surface area (Å²) in [5.41, 5.74) is 0.230. The number of benzene rings is 1. The Morgan fingerprint density at radius 2 is 2.00 bits per heavy atom. The van der Waals surface area contributed by atoms with Crippen LogP contribution < -0.4 is 10.6 Å². The van der Waals surface area contributed by atoms with E-state index >= 15 is 0 Å². The van der Waals surface area contributed by atoms with E-state index < -0.39 is 17.8 Å². The summed E-state index contributed by atoms with van der Waals surface area (Å²) in [4.78, 5) is 19.2. The van der Waals surface area contributed by atoms with E-state index in [1.165, 1.54) is 12.3 Å². The lowest BCUT2D eigenvalue weighted by molar-refractivity contribution is -0.141. The van der Waals surface area contributed by atoms with E-state index in [0.29, 0.717) is 5.69 Å². The first-order chi connectivity index (χ1) is 12.4. The molecule has 0 aliphatic rings. The molecule has 0 aliphatic carbocycles. The molecule has 0 radical (unpaired) electrons. The van der Waals surface area contributed by atoms with E-state index in [1.54, 1.807) is 30.3 Å². The third kappa shape index (κ3) is 4.38. The first-order valence-corrected chi connectivity index (χ1v) is 7.50. The molecule has 0 aliphatic heterocycles. The maximum Gasteiger partial charge on any atom is 0.433 e. The Labute approximate surface area is 146 Å². The third-order valence-corrected chi connectivity index (χ3v) is 3.33. The second-order valence-corrected chi connectivity index (χ2v) is 5.25. The number of amides is 1. The Kier molecular flexibility index (Phi) is 4.87. The number of carbonyl (C=O) groups is 1. The van der Waals surface area contributed by atoms with Gasteiger partial charge in [-0.15, -0.1) is 0 Å². The van der Waals surface area contributed by atoms with Gasteiger partial charge >= 0.3 is 6.18 Å². The van der Waals surface area contributed by atoms with E-state index in [9.17, 15) is 18.0 Å². The molecule has 6 nitrogen and oxygen atoms in total. The van der Waals surface area contributed by atoms with Crippen LogP contribution in [0.15, 0.2) is 59.3 Å². The smallest absolute Gasteiger partial charge is 0.433 e. The Hall–Kier alpha value is -3.36. The van der Waals surface area contributed by atoms with Crippen molar-refractivity contribution in [1.29, 1.82) is 0 Å². The third-order valence-electron chi connectivity index (χ3n) is 3.33. The minimum Gasteiger partial charge on any atom is -0.459 e. The van der Waals surface area contributed by atoms with Gasteiger partial charge in [-0.3, -0.25) is 4.79 Å². The Bertz CT molecular complexity index is 895. The molecule has 1 aromatic carbocycles. The van der Waals surface area contributed by atoms with E-state index in [4.69, 9.17) is 4.42 Å². The molecule has 1 amide bonds. The van der Waals surface area contributed by atoms with E-state index in [2.05, 4.69) is 20.6 Å². The Balaban J connectivity index is 1.65. The quantitative estimate of drug-likeness (QED) is 0.718. The van der Waals surface area contributed by atoms with Gasteiger partial charge in [0.05, 0.1) is 6.26 Å². The van der Waals surface area contributed by atoms with Crippen LogP contribution in [0.1, 0.15) is 21.8 Å². The van der Waals surface area contributed by atoms with Crippen LogP contribution in [0.4, 0.5) is 24.8 Å². The topological polar surface area (TPSA) is 80.0 Å². The fraction of sp³-hybridized carbons (Fsp3) is 0.118. The van der Waals surface area contributed by atoms with E-state index in [1.807, 2.05) is 0 Å². The molecule has 0 unspecified atom stereocenters. The summed E-state index contributed by atoms with van der Waals surface area (Å²) >= 11 is 0. The number of nitrogens with zero attached hydrogens (tertiary/aromatic N) is 2. The average molecular weight is 362 g/mol. The molecule has 0 fully saturated rings. The minimum absolute atomic E-state index is 0.134. The van der Waals surface area contributed by atoms with Crippen molar-refractivity contribution in [2.24, 2.45) is 0 Å². The van der Waals surface area contributed by atoms with Gasteiger partial charge < -0.3 is 15.1 Å². The molecule has 0 saturated carbocycles. The van der Waals surface area contributed by atoms with Crippen molar-refractivity contribution in [2.45, 2.75) is 12.7 Å². The number of aromatic nitrogens is 2. The van der Waals surface area contributed by atoms with Crippen LogP contribution in [0.5, 0.6) is 0 Å². The molecule has 2 N–H and O–H groups in total. The molecule has 0 atom stereocenters. The number of nitrogens with one attached hydrogen (secondary N) is 2. The summed E-state index contributed by atoms with van der Waals surface area (Å²) in [6.07, 6.45) is -2.10. The van der Waals surface area contributed by atoms with Gasteiger partial charge in [0.25, 0.3) is 5.91 Å². The monoisotopic (exact) mass is 362 g/mol. The lowest BCUT2D eigenvalue weighted by Crippen LogP contribution is -2.12. The summed E-state index contributed by atoms with van der Waals surface area (Å²) in [6, 6.07) is 10.8. The predicted octanol–water partition coefficient (Wildman–Crippen LogP) is 3.95. The van der Waals surface area contributed by atoms with Crippen molar-refractivity contribution in [3.63, 3.8) is 0 Å². The second-order valence-electron chi connectivity index (χ2n) is 5.25. The van der Waals surface area contributed by atoms with E-state index in [-0.39, 0.29) is 18.3 Å². The number of anilines is 2. The highest BCUT2D eigenvalue weighted by Gasteiger charge is 2.32. The molecule has 26 heavy (non-hydrogen) atoms. The summed E-state index contributed by atoms with van der Waals surface area (Å²) < 4.78 is 43.0. The van der Waals surface area contributed by atoms with Gasteiger partial charge in [0, 0.05) is 18.4 Å². The largest absolute Gasteiger partial charge is 0.459 e. The Morgan fingerprint density at radius 1 is 1.15 bits per heavy atom. The van der Waals surface area contributed by atoms with Gasteiger partial charge in [0.1, 0.15) is 5.69 Å². The second kappa shape index (κ2) is 7.26. The number of hydrogen-bond donors (Lipinski definition) is 2. The fourth-order valence-corrected chi connectivity index (χ4v) is 2.14. The highest BCUT2D eigenvalue weighted by molar-refractivity contribution is 6.02. The van der Waals surface area contributed by atoms with Gasteiger partial charge in [-0.25, -0.2) is 9.97 Å². The first kappa shape index (κ1) is 17.5. The maximum atomic E-state index is 12.7. The highest BCUT2D eigenvalue weighted by Crippen LogP contribution is 2.27. The van der Waals surface area contributed by atoms with Crippen molar-refractivity contribution in [2.75, 3.05) is 10.6 Å². The van der Waals surface area contributed by atoms with Gasteiger partial charge in [0.2, 0.25) is 5.95 Å². The van der Waals surface area contributed by atoms with Crippen LogP contribution >= 0.6 is 0 Å². The molecule has 0 spiro atoms. The summed E-state index contributed by atoms with van der Waals surface area (Å²) in [6.45, 7) is 0.186. The molecule has 3 aromatic rings. The number of alkyl halides is 3. The summed E-state index contributed by atoms with van der Waals surface area (Å²) in [5.74, 6) is -0.364. The average Bonchev–Trinajstić information content (AvgIpc) is 3.15.